The maximum absolute atomic E-state index is 13.4. The molecular weight excluding hydrogens is 1450 g/mol. The fourth-order valence-corrected chi connectivity index (χ4v) is 11.7. The van der Waals surface area contributed by atoms with Crippen LogP contribution >= 0.6 is 55.1 Å². The minimum atomic E-state index is -0.981. The van der Waals surface area contributed by atoms with Gasteiger partial charge in [-0.1, -0.05) is 30.6 Å². The summed E-state index contributed by atoms with van der Waals surface area (Å²) in [4.78, 5) is 89.0. The molecule has 12 rings (SSSR count). The third-order valence-electron chi connectivity index (χ3n) is 14.2. The molecule has 0 saturated carbocycles. The topological polar surface area (TPSA) is 330 Å². The van der Waals surface area contributed by atoms with Crippen molar-refractivity contribution in [1.29, 1.82) is 0 Å². The minimum absolute atomic E-state index is 0. The van der Waals surface area contributed by atoms with Crippen molar-refractivity contribution in [3.05, 3.63) is 93.1 Å². The third-order valence-corrected chi connectivity index (χ3v) is 15.7. The van der Waals surface area contributed by atoms with Gasteiger partial charge in [-0.3, -0.25) is 19.1 Å². The Labute approximate surface area is 591 Å². The second-order valence-corrected chi connectivity index (χ2v) is 30.3. The molecule has 4 aliphatic heterocycles. The average molecular weight is 1530 g/mol. The Bertz CT molecular complexity index is 4250. The molecule has 4 saturated heterocycles. The van der Waals surface area contributed by atoms with Crippen molar-refractivity contribution in [2.75, 3.05) is 23.0 Å². The Morgan fingerprint density at radius 1 is 0.541 bits per heavy atom. The summed E-state index contributed by atoms with van der Waals surface area (Å²) >= 11 is 19.1. The van der Waals surface area contributed by atoms with E-state index in [2.05, 4.69) is 71.7 Å². The Kier molecular flexibility index (Phi) is 21.7. The summed E-state index contributed by atoms with van der Waals surface area (Å²) < 4.78 is 70.2. The van der Waals surface area contributed by atoms with Gasteiger partial charge in [-0.15, -0.1) is 0 Å². The van der Waals surface area contributed by atoms with Crippen LogP contribution in [0.25, 0.3) is 44.1 Å². The lowest BCUT2D eigenvalue weighted by Crippen LogP contribution is -2.44. The van der Waals surface area contributed by atoms with Gasteiger partial charge < -0.3 is 62.3 Å². The van der Waals surface area contributed by atoms with Gasteiger partial charge >= 0.3 is 24.4 Å². The average Bonchev–Trinajstić information content (AvgIpc) is 1.59. The molecular formula is C65H78Br2Cl2N12O17. The Balaban J connectivity index is 0.000000196. The summed E-state index contributed by atoms with van der Waals surface area (Å²) in [6.45, 7) is 27.2. The molecule has 10 heterocycles. The number of phenols is 1. The highest BCUT2D eigenvalue weighted by Crippen LogP contribution is 2.47. The molecule has 0 unspecified atom stereocenters. The first-order chi connectivity index (χ1) is 45.2. The van der Waals surface area contributed by atoms with E-state index in [0.29, 0.717) is 25.6 Å². The lowest BCUT2D eigenvalue weighted by Gasteiger charge is -2.28. The third kappa shape index (κ3) is 17.1. The van der Waals surface area contributed by atoms with Crippen LogP contribution in [0.1, 0.15) is 131 Å². The Morgan fingerprint density at radius 3 is 1.33 bits per heavy atom. The maximum Gasteiger partial charge on any atom is 0.425 e. The molecule has 0 radical (unpaired) electrons. The molecule has 6 aromatic heterocycles. The number of imide groups is 2. The van der Waals surface area contributed by atoms with Crippen molar-refractivity contribution < 1.29 is 81.5 Å². The number of pyridine rings is 2. The van der Waals surface area contributed by atoms with Crippen LogP contribution in [0.3, 0.4) is 0 Å². The summed E-state index contributed by atoms with van der Waals surface area (Å²) in [5.41, 5.74) is -1.34. The van der Waals surface area contributed by atoms with Crippen molar-refractivity contribution in [2.45, 2.75) is 201 Å². The largest absolute Gasteiger partial charge is 0.506 e. The number of hydrogen-bond donors (Lipinski definition) is 2. The smallest absolute Gasteiger partial charge is 0.425 e. The fraction of sp³-hybridized carbons (Fsp3) is 0.508. The number of aliphatic hydroxyl groups is 1. The first-order valence-electron chi connectivity index (χ1n) is 30.5. The van der Waals surface area contributed by atoms with Crippen molar-refractivity contribution in [3.8, 4) is 11.5 Å². The predicted molar refractivity (Wildman–Crippen MR) is 366 cm³/mol. The first-order valence-corrected chi connectivity index (χ1v) is 32.8. The summed E-state index contributed by atoms with van der Waals surface area (Å²) in [6, 6.07) is 10.6. The van der Waals surface area contributed by atoms with Gasteiger partial charge in [-0.05, 0) is 167 Å². The molecule has 98 heavy (non-hydrogen) atoms. The van der Waals surface area contributed by atoms with E-state index in [4.69, 9.17) is 75.3 Å². The summed E-state index contributed by atoms with van der Waals surface area (Å²) in [5, 5.41) is 21.6. The maximum atomic E-state index is 13.4. The lowest BCUT2D eigenvalue weighted by atomic mass is 10.1. The van der Waals surface area contributed by atoms with E-state index in [-0.39, 0.29) is 60.4 Å². The SMILES string of the molecule is C.CC(C)(C)OC(=O)N(C(=O)OC(C)(C)C)c1ncnc2c1ncn2[C@@H]1O[C@H](CO)[C@H]2OC(C)(C)O[C@H]21.CC(C)(C)OC(=O)N(C(=O)OC(C)(C)C)c1ncnc2c1ncn2[C@@H]1O[C@H](COc2cc3ncc(Br)cc3cc2Cl)[C@H]2OC(C)(C)O[C@H]21.Oc1cc2ncc(Br)cc2cc1Cl. The molecule has 8 atom stereocenters. The molecule has 0 bridgehead atoms. The minimum Gasteiger partial charge on any atom is -0.506 e. The normalized spacial score (nSPS) is 21.6. The predicted octanol–water partition coefficient (Wildman–Crippen LogP) is 13.9. The number of anilines is 2. The van der Waals surface area contributed by atoms with Gasteiger partial charge in [0.15, 0.2) is 58.0 Å². The number of aromatic nitrogens is 10. The molecule has 528 valence electrons. The summed E-state index contributed by atoms with van der Waals surface area (Å²) in [7, 11) is 0. The number of nitrogens with zero attached hydrogens (tertiary/aromatic N) is 12. The second kappa shape index (κ2) is 28.4. The highest BCUT2D eigenvalue weighted by Gasteiger charge is 2.58. The van der Waals surface area contributed by atoms with Gasteiger partial charge in [0, 0.05) is 44.2 Å². The fourth-order valence-electron chi connectivity index (χ4n) is 10.6. The number of carbonyl (C=O) groups excluding carboxylic acids is 4. The van der Waals surface area contributed by atoms with Gasteiger partial charge in [0.25, 0.3) is 0 Å². The van der Waals surface area contributed by atoms with E-state index in [1.165, 1.54) is 25.3 Å². The Morgan fingerprint density at radius 2 is 0.918 bits per heavy atom. The van der Waals surface area contributed by atoms with E-state index in [9.17, 15) is 29.4 Å². The van der Waals surface area contributed by atoms with E-state index < -0.39 is 107 Å². The standard InChI is InChI=1S/C32H36BrClN6O8.C23H33N5O8.C9H5BrClNO.CH4/c1-30(2,3)47-28(41)40(29(42)48-31(4,5)6)26-22-25(36-14-37-26)39(15-38-22)27-24-23(45-32(7,8)46-24)21(44-27)13-43-20-11-19-16(10-18(20)34)9-17(33)12-35-19;1-21(2,3)35-19(30)28(20(31)36-22(4,5)6)17-13-16(24-10-25-17)27(11-26-13)18-15-14(12(9-29)32-18)33-23(7,8)34-15;10-6-1-5-2-7(11)9(13)3-8(5)12-4-6;/h9-12,14-15,21,23-24,27H,13H2,1-8H3;10-12,14-15,18,29H,9H2,1-8H3;1-4,13H;1H4/t21-,23-,24-,27-;12-,14-,15-,18-;;/m11../s1. The number of halogens is 4. The molecule has 0 spiro atoms. The second-order valence-electron chi connectivity index (χ2n) is 27.7. The molecule has 2 N–H and O–H groups in total. The monoisotopic (exact) mass is 1530 g/mol. The molecule has 4 amide bonds. The molecule has 4 aliphatic rings. The number of aromatic hydroxyl groups is 1. The van der Waals surface area contributed by atoms with E-state index >= 15 is 0 Å². The molecule has 0 aliphatic carbocycles. The number of fused-ring (bicyclic) bond motifs is 6. The van der Waals surface area contributed by atoms with Gasteiger partial charge in [-0.2, -0.15) is 9.80 Å². The number of benzene rings is 2. The zero-order valence-corrected chi connectivity index (χ0v) is 60.5. The van der Waals surface area contributed by atoms with Crippen LogP contribution in [-0.4, -0.2) is 167 Å². The number of phenolic OH excluding ortho intramolecular Hbond substituents is 1. The quantitative estimate of drug-likeness (QED) is 0.133. The molecule has 2 aromatic carbocycles. The van der Waals surface area contributed by atoms with Gasteiger partial charge in [0.1, 0.15) is 89.8 Å². The first kappa shape index (κ1) is 74.9. The molecule has 8 aromatic rings. The van der Waals surface area contributed by atoms with Crippen LogP contribution in [0.5, 0.6) is 11.5 Å². The van der Waals surface area contributed by atoms with Gasteiger partial charge in [0.05, 0.1) is 40.3 Å². The van der Waals surface area contributed by atoms with Crippen LogP contribution in [0.15, 0.2) is 83.0 Å². The van der Waals surface area contributed by atoms with Crippen molar-refractivity contribution in [3.63, 3.8) is 0 Å². The number of ether oxygens (including phenoxy) is 11. The van der Waals surface area contributed by atoms with Crippen molar-refractivity contribution in [2.24, 2.45) is 0 Å². The molecule has 33 heteroatoms. The van der Waals surface area contributed by atoms with Gasteiger partial charge in [0.2, 0.25) is 0 Å². The number of hydrogen-bond acceptors (Lipinski definition) is 25. The van der Waals surface area contributed by atoms with E-state index in [0.717, 1.165) is 30.8 Å². The van der Waals surface area contributed by atoms with Crippen LogP contribution in [0, 0.1) is 0 Å². The van der Waals surface area contributed by atoms with Crippen LogP contribution < -0.4 is 14.5 Å². The number of carbonyl (C=O) groups is 4. The zero-order chi connectivity index (χ0) is 70.8. The van der Waals surface area contributed by atoms with Crippen LogP contribution in [0.2, 0.25) is 10.0 Å². The molecule has 29 nitrogen and oxygen atoms in total. The number of aliphatic hydroxyl groups excluding tert-OH is 1. The molecule has 4 fully saturated rings. The van der Waals surface area contributed by atoms with Crippen LogP contribution in [0.4, 0.5) is 30.8 Å². The number of rotatable bonds is 8. The highest BCUT2D eigenvalue weighted by atomic mass is 79.9. The highest BCUT2D eigenvalue weighted by molar-refractivity contribution is 9.10. The number of imidazole rings is 2. The van der Waals surface area contributed by atoms with E-state index in [1.807, 2.05) is 26.0 Å². The zero-order valence-electron chi connectivity index (χ0n) is 55.9. The lowest BCUT2D eigenvalue weighted by molar-refractivity contribution is -0.199. The van der Waals surface area contributed by atoms with Crippen LogP contribution in [-0.2, 0) is 47.4 Å². The summed E-state index contributed by atoms with van der Waals surface area (Å²) in [5.74, 6) is -1.52. The summed E-state index contributed by atoms with van der Waals surface area (Å²) in [6.07, 6.45) is -0.109. The number of amides is 4. The van der Waals surface area contributed by atoms with E-state index in [1.54, 1.807) is 143 Å². The van der Waals surface area contributed by atoms with Gasteiger partial charge in [-0.25, -0.2) is 49.1 Å². The Hall–Kier alpha value is -7.30. The van der Waals surface area contributed by atoms with Crippen molar-refractivity contribution >= 4 is 135 Å². The van der Waals surface area contributed by atoms with Crippen molar-refractivity contribution in [1.82, 2.24) is 49.0 Å².